The molecule has 0 aromatic carbocycles. The molecule has 4 aliphatic rings. The Labute approximate surface area is 98.9 Å². The summed E-state index contributed by atoms with van der Waals surface area (Å²) in [6, 6.07) is 0.265. The van der Waals surface area contributed by atoms with E-state index >= 15 is 0 Å². The maximum absolute atomic E-state index is 6.18. The molecule has 4 bridgehead atoms. The van der Waals surface area contributed by atoms with Gasteiger partial charge >= 0.3 is 0 Å². The van der Waals surface area contributed by atoms with Crippen LogP contribution < -0.4 is 5.73 Å². The first-order valence-electron chi connectivity index (χ1n) is 6.94. The molecule has 2 N–H and O–H groups in total. The number of hydrogen-bond acceptors (Lipinski definition) is 2. The second-order valence-corrected chi connectivity index (χ2v) is 6.84. The fourth-order valence-corrected chi connectivity index (χ4v) is 5.37. The molecule has 4 aliphatic carbocycles. The third-order valence-electron chi connectivity index (χ3n) is 5.24. The van der Waals surface area contributed by atoms with Crippen molar-refractivity contribution < 1.29 is 4.74 Å². The van der Waals surface area contributed by atoms with Crippen molar-refractivity contribution in [2.45, 2.75) is 51.0 Å². The van der Waals surface area contributed by atoms with Crippen molar-refractivity contribution in [3.8, 4) is 0 Å². The van der Waals surface area contributed by atoms with Crippen LogP contribution in [0.5, 0.6) is 0 Å². The van der Waals surface area contributed by atoms with Gasteiger partial charge < -0.3 is 10.5 Å². The summed E-state index contributed by atoms with van der Waals surface area (Å²) in [5.41, 5.74) is 6.80. The van der Waals surface area contributed by atoms with Crippen LogP contribution in [0.1, 0.15) is 44.9 Å². The number of rotatable bonds is 4. The maximum atomic E-state index is 6.18. The summed E-state index contributed by atoms with van der Waals surface area (Å²) < 4.78 is 5.19. The van der Waals surface area contributed by atoms with Gasteiger partial charge in [0.2, 0.25) is 0 Å². The lowest BCUT2D eigenvalue weighted by atomic mass is 9.48. The van der Waals surface area contributed by atoms with E-state index in [2.05, 4.69) is 0 Å². The Morgan fingerprint density at radius 1 is 1.12 bits per heavy atom. The second-order valence-electron chi connectivity index (χ2n) is 6.84. The molecule has 0 aliphatic heterocycles. The fraction of sp³-hybridized carbons (Fsp3) is 1.00. The van der Waals surface area contributed by atoms with Crippen LogP contribution in [0.3, 0.4) is 0 Å². The summed E-state index contributed by atoms with van der Waals surface area (Å²) in [4.78, 5) is 0. The largest absolute Gasteiger partial charge is 0.383 e. The molecule has 0 spiro atoms. The molecule has 1 unspecified atom stereocenters. The first kappa shape index (κ1) is 11.0. The summed E-state index contributed by atoms with van der Waals surface area (Å²) in [5.74, 6) is 3.13. The highest BCUT2D eigenvalue weighted by Crippen LogP contribution is 2.61. The van der Waals surface area contributed by atoms with Crippen LogP contribution in [0.15, 0.2) is 0 Å². The van der Waals surface area contributed by atoms with Gasteiger partial charge in [0.25, 0.3) is 0 Å². The molecule has 0 aromatic heterocycles. The Bertz CT molecular complexity index is 228. The molecule has 2 nitrogen and oxygen atoms in total. The van der Waals surface area contributed by atoms with Crippen molar-refractivity contribution in [2.24, 2.45) is 28.9 Å². The molecular weight excluding hydrogens is 198 g/mol. The Morgan fingerprint density at radius 3 is 2.06 bits per heavy atom. The zero-order chi connectivity index (χ0) is 11.2. The highest BCUT2D eigenvalue weighted by atomic mass is 16.5. The van der Waals surface area contributed by atoms with Gasteiger partial charge in [-0.15, -0.1) is 0 Å². The van der Waals surface area contributed by atoms with Gasteiger partial charge in [0.1, 0.15) is 0 Å². The van der Waals surface area contributed by atoms with Crippen LogP contribution in [0, 0.1) is 23.2 Å². The average Bonchev–Trinajstić information content (AvgIpc) is 2.13. The van der Waals surface area contributed by atoms with Gasteiger partial charge in [-0.25, -0.2) is 0 Å². The Kier molecular flexibility index (Phi) is 2.75. The van der Waals surface area contributed by atoms with Crippen LogP contribution in [-0.2, 0) is 4.74 Å². The van der Waals surface area contributed by atoms with Crippen molar-refractivity contribution in [3.05, 3.63) is 0 Å². The van der Waals surface area contributed by atoms with Gasteiger partial charge in [-0.2, -0.15) is 0 Å². The van der Waals surface area contributed by atoms with E-state index in [0.717, 1.165) is 24.4 Å². The summed E-state index contributed by atoms with van der Waals surface area (Å²) in [6.45, 7) is 0.738. The predicted octanol–water partition coefficient (Wildman–Crippen LogP) is 2.57. The SMILES string of the molecule is COCC(N)CC12CC3CC(CC(C3)C1)C2. The molecule has 4 saturated carbocycles. The number of hydrogen-bond donors (Lipinski definition) is 1. The molecular formula is C14H25NO. The zero-order valence-electron chi connectivity index (χ0n) is 10.5. The van der Waals surface area contributed by atoms with E-state index in [1.165, 1.54) is 44.9 Å². The summed E-state index contributed by atoms with van der Waals surface area (Å²) in [7, 11) is 1.76. The smallest absolute Gasteiger partial charge is 0.0613 e. The minimum Gasteiger partial charge on any atom is -0.383 e. The van der Waals surface area contributed by atoms with Crippen LogP contribution in [0.2, 0.25) is 0 Å². The van der Waals surface area contributed by atoms with Gasteiger partial charge in [-0.1, -0.05) is 0 Å². The van der Waals surface area contributed by atoms with E-state index < -0.39 is 0 Å². The van der Waals surface area contributed by atoms with Gasteiger partial charge in [-0.3, -0.25) is 0 Å². The minimum atomic E-state index is 0.265. The molecule has 0 saturated heterocycles. The molecule has 0 heterocycles. The van der Waals surface area contributed by atoms with Crippen molar-refractivity contribution in [3.63, 3.8) is 0 Å². The van der Waals surface area contributed by atoms with E-state index in [9.17, 15) is 0 Å². The molecule has 4 fully saturated rings. The van der Waals surface area contributed by atoms with Crippen LogP contribution in [-0.4, -0.2) is 19.8 Å². The molecule has 0 amide bonds. The van der Waals surface area contributed by atoms with Gasteiger partial charge in [0.05, 0.1) is 6.61 Å². The first-order chi connectivity index (χ1) is 7.69. The number of ether oxygens (including phenoxy) is 1. The maximum Gasteiger partial charge on any atom is 0.0613 e. The highest BCUT2D eigenvalue weighted by molar-refractivity contribution is 5.02. The third-order valence-corrected chi connectivity index (χ3v) is 5.24. The zero-order valence-corrected chi connectivity index (χ0v) is 10.5. The van der Waals surface area contributed by atoms with E-state index in [1.54, 1.807) is 7.11 Å². The minimum absolute atomic E-state index is 0.265. The number of methoxy groups -OCH3 is 1. The van der Waals surface area contributed by atoms with E-state index in [0.29, 0.717) is 5.41 Å². The molecule has 0 aromatic rings. The first-order valence-corrected chi connectivity index (χ1v) is 6.94. The normalized spacial score (nSPS) is 47.2. The van der Waals surface area contributed by atoms with Gasteiger partial charge in [-0.05, 0) is 68.1 Å². The lowest BCUT2D eigenvalue weighted by Crippen LogP contribution is -2.48. The number of nitrogens with two attached hydrogens (primary N) is 1. The lowest BCUT2D eigenvalue weighted by molar-refractivity contribution is -0.0631. The van der Waals surface area contributed by atoms with Gasteiger partial charge in [0, 0.05) is 13.2 Å². The van der Waals surface area contributed by atoms with E-state index in [4.69, 9.17) is 10.5 Å². The Hall–Kier alpha value is -0.0800. The van der Waals surface area contributed by atoms with Crippen molar-refractivity contribution in [1.29, 1.82) is 0 Å². The third kappa shape index (κ3) is 1.91. The summed E-state index contributed by atoms with van der Waals surface area (Å²) in [6.07, 6.45) is 10.2. The second kappa shape index (κ2) is 3.99. The molecule has 16 heavy (non-hydrogen) atoms. The van der Waals surface area contributed by atoms with Crippen LogP contribution >= 0.6 is 0 Å². The molecule has 92 valence electrons. The molecule has 2 heteroatoms. The Morgan fingerprint density at radius 2 is 1.62 bits per heavy atom. The van der Waals surface area contributed by atoms with Gasteiger partial charge in [0.15, 0.2) is 0 Å². The molecule has 1 atom stereocenters. The van der Waals surface area contributed by atoms with Crippen LogP contribution in [0.4, 0.5) is 0 Å². The monoisotopic (exact) mass is 223 g/mol. The lowest BCUT2D eigenvalue weighted by Gasteiger charge is -2.57. The van der Waals surface area contributed by atoms with E-state index in [1.807, 2.05) is 0 Å². The quantitative estimate of drug-likeness (QED) is 0.795. The van der Waals surface area contributed by atoms with Crippen molar-refractivity contribution >= 4 is 0 Å². The summed E-state index contributed by atoms with van der Waals surface area (Å²) >= 11 is 0. The average molecular weight is 223 g/mol. The standard InChI is InChI=1S/C14H25NO/c1-16-9-13(15)8-14-5-10-2-11(6-14)4-12(3-10)7-14/h10-13H,2-9,15H2,1H3. The molecule has 4 rings (SSSR count). The van der Waals surface area contributed by atoms with E-state index in [-0.39, 0.29) is 6.04 Å². The highest BCUT2D eigenvalue weighted by Gasteiger charge is 2.50. The Balaban J connectivity index is 1.68. The predicted molar refractivity (Wildman–Crippen MR) is 65.1 cm³/mol. The topological polar surface area (TPSA) is 35.2 Å². The van der Waals surface area contributed by atoms with Crippen molar-refractivity contribution in [2.75, 3.05) is 13.7 Å². The molecule has 0 radical (unpaired) electrons. The van der Waals surface area contributed by atoms with Crippen LogP contribution in [0.25, 0.3) is 0 Å². The fourth-order valence-electron chi connectivity index (χ4n) is 5.37. The summed E-state index contributed by atoms with van der Waals surface area (Å²) in [5, 5.41) is 0. The van der Waals surface area contributed by atoms with Crippen molar-refractivity contribution in [1.82, 2.24) is 0 Å².